The van der Waals surface area contributed by atoms with E-state index in [-0.39, 0.29) is 16.7 Å². The summed E-state index contributed by atoms with van der Waals surface area (Å²) in [5.74, 6) is 0.781. The van der Waals surface area contributed by atoms with Gasteiger partial charge >= 0.3 is 0 Å². The van der Waals surface area contributed by atoms with Crippen molar-refractivity contribution in [2.24, 2.45) is 5.92 Å². The van der Waals surface area contributed by atoms with Crippen molar-refractivity contribution in [3.8, 4) is 0 Å². The minimum atomic E-state index is -3.64. The van der Waals surface area contributed by atoms with Gasteiger partial charge in [-0.25, -0.2) is 8.42 Å². The highest BCUT2D eigenvalue weighted by Gasteiger charge is 2.39. The Balaban J connectivity index is 1.44. The van der Waals surface area contributed by atoms with Crippen LogP contribution in [0, 0.1) is 5.92 Å². The molecule has 3 aliphatic rings. The molecule has 0 spiro atoms. The maximum absolute atomic E-state index is 13.4. The predicted octanol–water partition coefficient (Wildman–Crippen LogP) is 3.11. The summed E-state index contributed by atoms with van der Waals surface area (Å²) in [5, 5.41) is 0. The van der Waals surface area contributed by atoms with Crippen LogP contribution in [0.1, 0.15) is 69.2 Å². The Morgan fingerprint density at radius 2 is 1.44 bits per heavy atom. The largest absolute Gasteiger partial charge is 0.340 e. The van der Waals surface area contributed by atoms with Crippen molar-refractivity contribution in [1.82, 2.24) is 14.1 Å². The minimum absolute atomic E-state index is 0.0338. The van der Waals surface area contributed by atoms with Crippen LogP contribution in [0.3, 0.4) is 0 Å². The molecular weight excluding hydrogens is 426 g/mol. The highest BCUT2D eigenvalue weighted by molar-refractivity contribution is 7.89. The van der Waals surface area contributed by atoms with Gasteiger partial charge in [0.05, 0.1) is 4.90 Å². The zero-order valence-corrected chi connectivity index (χ0v) is 20.0. The number of hydrogen-bond donors (Lipinski definition) is 0. The van der Waals surface area contributed by atoms with E-state index in [1.165, 1.54) is 30.5 Å². The molecule has 7 nitrogen and oxygen atoms in total. The van der Waals surface area contributed by atoms with E-state index in [2.05, 4.69) is 11.8 Å². The summed E-state index contributed by atoms with van der Waals surface area (Å²) in [6.45, 7) is 5.13. The van der Waals surface area contributed by atoms with Crippen LogP contribution in [0.25, 0.3) is 0 Å². The number of carbonyl (C=O) groups excluding carboxylic acids is 2. The quantitative estimate of drug-likeness (QED) is 0.652. The lowest BCUT2D eigenvalue weighted by atomic mass is 9.83. The first-order valence-corrected chi connectivity index (χ1v) is 13.4. The Hall–Kier alpha value is -1.93. The zero-order valence-electron chi connectivity index (χ0n) is 19.2. The van der Waals surface area contributed by atoms with Crippen molar-refractivity contribution in [3.05, 3.63) is 29.8 Å². The van der Waals surface area contributed by atoms with Gasteiger partial charge in [-0.3, -0.25) is 9.59 Å². The van der Waals surface area contributed by atoms with Gasteiger partial charge in [0.2, 0.25) is 15.9 Å². The van der Waals surface area contributed by atoms with Gasteiger partial charge in [0.1, 0.15) is 0 Å². The average molecular weight is 462 g/mol. The number of rotatable bonds is 6. The molecule has 32 heavy (non-hydrogen) atoms. The first kappa shape index (κ1) is 23.2. The summed E-state index contributed by atoms with van der Waals surface area (Å²) in [6, 6.07) is 7.07. The lowest BCUT2D eigenvalue weighted by Gasteiger charge is -2.37. The number of sulfonamides is 1. The smallest absolute Gasteiger partial charge is 0.254 e. The number of carbonyl (C=O) groups is 2. The standard InChI is InChI=1S/C24H35N3O4S/c1-3-19-4-8-21(9-5-19)27(22-10-11-22)24(29)20-6-12-23(13-7-20)32(30,31)26-16-14-25(15-17-26)18(2)28/h6-7,12-13,19,21-22H,3-5,8-11,14-17H2,1-2H3. The van der Waals surface area contributed by atoms with Crippen LogP contribution in [0.2, 0.25) is 0 Å². The highest BCUT2D eigenvalue weighted by Crippen LogP contribution is 2.37. The minimum Gasteiger partial charge on any atom is -0.340 e. The molecule has 4 rings (SSSR count). The van der Waals surface area contributed by atoms with E-state index in [1.807, 2.05) is 0 Å². The van der Waals surface area contributed by atoms with E-state index in [1.54, 1.807) is 29.2 Å². The van der Waals surface area contributed by atoms with Gasteiger partial charge < -0.3 is 9.80 Å². The lowest BCUT2D eigenvalue weighted by Crippen LogP contribution is -2.49. The summed E-state index contributed by atoms with van der Waals surface area (Å²) in [4.78, 5) is 28.8. The molecule has 2 amide bonds. The fourth-order valence-corrected chi connectivity index (χ4v) is 6.55. The number of hydrogen-bond acceptors (Lipinski definition) is 4. The van der Waals surface area contributed by atoms with Crippen LogP contribution in [0.4, 0.5) is 0 Å². The molecule has 1 aromatic rings. The van der Waals surface area contributed by atoms with Crippen molar-refractivity contribution in [2.75, 3.05) is 26.2 Å². The molecule has 1 aromatic carbocycles. The third-order valence-corrected chi connectivity index (χ3v) is 9.30. The molecule has 1 saturated heterocycles. The summed E-state index contributed by atoms with van der Waals surface area (Å²) < 4.78 is 27.5. The summed E-state index contributed by atoms with van der Waals surface area (Å²) in [7, 11) is -3.64. The molecule has 0 aromatic heterocycles. The van der Waals surface area contributed by atoms with Gasteiger partial charge in [0.15, 0.2) is 0 Å². The summed E-state index contributed by atoms with van der Waals surface area (Å²) >= 11 is 0. The second kappa shape index (κ2) is 9.51. The van der Waals surface area contributed by atoms with Crippen LogP contribution in [0.15, 0.2) is 29.2 Å². The SMILES string of the molecule is CCC1CCC(N(C(=O)c2ccc(S(=O)(=O)N3CCN(C(C)=O)CC3)cc2)C2CC2)CC1. The Kier molecular flexibility index (Phi) is 6.91. The van der Waals surface area contributed by atoms with Crippen molar-refractivity contribution < 1.29 is 18.0 Å². The fourth-order valence-electron chi connectivity index (χ4n) is 5.12. The van der Waals surface area contributed by atoms with Crippen molar-refractivity contribution in [3.63, 3.8) is 0 Å². The molecule has 2 saturated carbocycles. The Labute approximate surface area is 191 Å². The Morgan fingerprint density at radius 1 is 0.906 bits per heavy atom. The molecular formula is C24H35N3O4S. The average Bonchev–Trinajstić information content (AvgIpc) is 3.65. The van der Waals surface area contributed by atoms with Gasteiger partial charge in [0, 0.05) is 50.7 Å². The van der Waals surface area contributed by atoms with E-state index in [0.717, 1.165) is 31.6 Å². The molecule has 176 valence electrons. The van der Waals surface area contributed by atoms with Gasteiger partial charge in [0.25, 0.3) is 5.91 Å². The molecule has 0 bridgehead atoms. The Bertz CT molecular complexity index is 926. The normalized spacial score (nSPS) is 24.9. The van der Waals surface area contributed by atoms with Gasteiger partial charge in [-0.1, -0.05) is 13.3 Å². The predicted molar refractivity (Wildman–Crippen MR) is 123 cm³/mol. The third kappa shape index (κ3) is 4.86. The fraction of sp³-hybridized carbons (Fsp3) is 0.667. The van der Waals surface area contributed by atoms with Crippen LogP contribution in [-0.2, 0) is 14.8 Å². The van der Waals surface area contributed by atoms with Crippen LogP contribution < -0.4 is 0 Å². The third-order valence-electron chi connectivity index (χ3n) is 7.38. The molecule has 0 unspecified atom stereocenters. The first-order chi connectivity index (χ1) is 15.3. The number of amides is 2. The number of nitrogens with zero attached hydrogens (tertiary/aromatic N) is 3. The molecule has 1 heterocycles. The Morgan fingerprint density at radius 3 is 1.91 bits per heavy atom. The van der Waals surface area contributed by atoms with E-state index in [9.17, 15) is 18.0 Å². The zero-order chi connectivity index (χ0) is 22.9. The highest BCUT2D eigenvalue weighted by atomic mass is 32.2. The van der Waals surface area contributed by atoms with Crippen LogP contribution in [-0.4, -0.2) is 72.6 Å². The van der Waals surface area contributed by atoms with Crippen molar-refractivity contribution in [2.45, 2.75) is 75.8 Å². The van der Waals surface area contributed by atoms with Gasteiger partial charge in [-0.05, 0) is 68.7 Å². The molecule has 0 atom stereocenters. The van der Waals surface area contributed by atoms with E-state index in [4.69, 9.17) is 0 Å². The summed E-state index contributed by atoms with van der Waals surface area (Å²) in [6.07, 6.45) is 7.86. The lowest BCUT2D eigenvalue weighted by molar-refractivity contribution is -0.129. The molecule has 0 radical (unpaired) electrons. The maximum atomic E-state index is 13.4. The molecule has 3 fully saturated rings. The first-order valence-electron chi connectivity index (χ1n) is 12.0. The summed E-state index contributed by atoms with van der Waals surface area (Å²) in [5.41, 5.74) is 0.565. The second-order valence-corrected chi connectivity index (χ2v) is 11.4. The molecule has 0 N–H and O–H groups in total. The number of benzene rings is 1. The number of piperazine rings is 1. The van der Waals surface area contributed by atoms with Gasteiger partial charge in [-0.2, -0.15) is 4.31 Å². The van der Waals surface area contributed by atoms with Crippen molar-refractivity contribution in [1.29, 1.82) is 0 Å². The van der Waals surface area contributed by atoms with Crippen LogP contribution in [0.5, 0.6) is 0 Å². The van der Waals surface area contributed by atoms with E-state index in [0.29, 0.717) is 43.8 Å². The van der Waals surface area contributed by atoms with Crippen molar-refractivity contribution >= 4 is 21.8 Å². The monoisotopic (exact) mass is 461 g/mol. The molecule has 2 aliphatic carbocycles. The molecule has 8 heteroatoms. The molecule has 1 aliphatic heterocycles. The van der Waals surface area contributed by atoms with E-state index < -0.39 is 10.0 Å². The van der Waals surface area contributed by atoms with Gasteiger partial charge in [-0.15, -0.1) is 0 Å². The maximum Gasteiger partial charge on any atom is 0.254 e. The topological polar surface area (TPSA) is 78.0 Å². The van der Waals surface area contributed by atoms with Crippen LogP contribution >= 0.6 is 0 Å². The van der Waals surface area contributed by atoms with E-state index >= 15 is 0 Å². The second-order valence-electron chi connectivity index (χ2n) is 9.46.